The Morgan fingerprint density at radius 3 is 2.64 bits per heavy atom. The average Bonchev–Trinajstić information content (AvgIpc) is 1.99. The molecule has 0 aliphatic carbocycles. The molecule has 0 radical (unpaired) electrons. The summed E-state index contributed by atoms with van der Waals surface area (Å²) in [4.78, 5) is -0.00461. The van der Waals surface area contributed by atoms with Crippen LogP contribution in [0.15, 0.2) is 0 Å². The first-order valence-corrected chi connectivity index (χ1v) is 7.57. The number of thioether (sulfide) groups is 1. The van der Waals surface area contributed by atoms with Crippen LogP contribution < -0.4 is 10.5 Å². The van der Waals surface area contributed by atoms with Crippen molar-refractivity contribution in [3.63, 3.8) is 0 Å². The summed E-state index contributed by atoms with van der Waals surface area (Å²) in [5, 5.41) is 0. The van der Waals surface area contributed by atoms with Gasteiger partial charge in [-0.15, -0.1) is 0 Å². The molecule has 0 heterocycles. The molecule has 0 aromatic carbocycles. The zero-order chi connectivity index (χ0) is 11.2. The van der Waals surface area contributed by atoms with Gasteiger partial charge in [0.15, 0.2) is 0 Å². The third-order valence-electron chi connectivity index (χ3n) is 1.44. The average molecular weight is 256 g/mol. The van der Waals surface area contributed by atoms with Gasteiger partial charge in [-0.3, -0.25) is 0 Å². The van der Waals surface area contributed by atoms with Crippen LogP contribution in [0.25, 0.3) is 0 Å². The quantitative estimate of drug-likeness (QED) is 0.636. The Bertz CT molecular complexity index is 277. The first kappa shape index (κ1) is 14.2. The second-order valence-corrected chi connectivity index (χ2v) is 6.38. The summed E-state index contributed by atoms with van der Waals surface area (Å²) in [6.07, 6.45) is 1.99. The smallest absolute Gasteiger partial charge is 0.218 e. The summed E-state index contributed by atoms with van der Waals surface area (Å²) in [7, 11) is -3.32. The second-order valence-electron chi connectivity index (χ2n) is 3.13. The van der Waals surface area contributed by atoms with Gasteiger partial charge in [-0.05, 0) is 17.9 Å². The molecule has 0 saturated carbocycles. The monoisotopic (exact) mass is 256 g/mol. The third kappa shape index (κ3) is 7.54. The van der Waals surface area contributed by atoms with Crippen molar-refractivity contribution in [1.82, 2.24) is 4.72 Å². The number of rotatable bonds is 7. The minimum Gasteiger partial charge on any atom is -0.392 e. The van der Waals surface area contributed by atoms with E-state index in [-0.39, 0.29) is 10.7 Å². The molecule has 14 heavy (non-hydrogen) atoms. The largest absolute Gasteiger partial charge is 0.392 e. The highest BCUT2D eigenvalue weighted by atomic mass is 32.2. The lowest BCUT2D eigenvalue weighted by Crippen LogP contribution is -2.35. The molecule has 7 heteroatoms. The first-order valence-electron chi connectivity index (χ1n) is 4.12. The Kier molecular flexibility index (Phi) is 6.67. The molecule has 1 atom stereocenters. The SMILES string of the molecule is CSCC(C)CNS(=O)(=O)CC(N)=S. The van der Waals surface area contributed by atoms with E-state index < -0.39 is 10.0 Å². The molecule has 0 fully saturated rings. The van der Waals surface area contributed by atoms with Gasteiger partial charge in [0.25, 0.3) is 0 Å². The van der Waals surface area contributed by atoms with Crippen molar-refractivity contribution in [2.45, 2.75) is 6.92 Å². The third-order valence-corrected chi connectivity index (χ3v) is 3.96. The highest BCUT2D eigenvalue weighted by molar-refractivity contribution is 7.98. The van der Waals surface area contributed by atoms with Crippen LogP contribution in [0.1, 0.15) is 6.92 Å². The highest BCUT2D eigenvalue weighted by Gasteiger charge is 2.12. The van der Waals surface area contributed by atoms with Crippen molar-refractivity contribution >= 4 is 39.0 Å². The Labute approximate surface area is 95.1 Å². The van der Waals surface area contributed by atoms with Gasteiger partial charge >= 0.3 is 0 Å². The van der Waals surface area contributed by atoms with E-state index in [1.165, 1.54) is 0 Å². The van der Waals surface area contributed by atoms with Crippen LogP contribution in [0, 0.1) is 5.92 Å². The van der Waals surface area contributed by atoms with Gasteiger partial charge in [-0.2, -0.15) is 11.8 Å². The molecule has 0 rings (SSSR count). The number of nitrogens with two attached hydrogens (primary N) is 1. The Morgan fingerprint density at radius 1 is 1.64 bits per heavy atom. The van der Waals surface area contributed by atoms with Gasteiger partial charge in [0.05, 0.1) is 4.99 Å². The number of thiocarbonyl (C=S) groups is 1. The van der Waals surface area contributed by atoms with Crippen LogP contribution >= 0.6 is 24.0 Å². The lowest BCUT2D eigenvalue weighted by atomic mass is 10.2. The van der Waals surface area contributed by atoms with Gasteiger partial charge in [0, 0.05) is 6.54 Å². The van der Waals surface area contributed by atoms with Crippen LogP contribution in [0.2, 0.25) is 0 Å². The maximum absolute atomic E-state index is 11.3. The first-order chi connectivity index (χ1) is 6.37. The normalized spacial score (nSPS) is 13.9. The fourth-order valence-corrected chi connectivity index (χ4v) is 3.02. The van der Waals surface area contributed by atoms with Crippen molar-refractivity contribution in [2.75, 3.05) is 24.3 Å². The van der Waals surface area contributed by atoms with Crippen LogP contribution in [-0.4, -0.2) is 37.7 Å². The molecule has 0 spiro atoms. The van der Waals surface area contributed by atoms with Crippen LogP contribution in [0.3, 0.4) is 0 Å². The zero-order valence-electron chi connectivity index (χ0n) is 8.32. The van der Waals surface area contributed by atoms with Crippen LogP contribution in [0.4, 0.5) is 0 Å². The summed E-state index contributed by atoms with van der Waals surface area (Å²) >= 11 is 6.22. The van der Waals surface area contributed by atoms with Gasteiger partial charge in [0.1, 0.15) is 5.75 Å². The molecule has 84 valence electrons. The summed E-state index contributed by atoms with van der Waals surface area (Å²) < 4.78 is 25.0. The Balaban J connectivity index is 3.93. The Morgan fingerprint density at radius 2 is 2.21 bits per heavy atom. The zero-order valence-corrected chi connectivity index (χ0v) is 10.8. The van der Waals surface area contributed by atoms with Crippen molar-refractivity contribution in [3.05, 3.63) is 0 Å². The molecule has 0 aromatic heterocycles. The molecule has 4 nitrogen and oxygen atoms in total. The minimum atomic E-state index is -3.32. The van der Waals surface area contributed by atoms with E-state index in [1.807, 2.05) is 13.2 Å². The molecule has 0 bridgehead atoms. The summed E-state index contributed by atoms with van der Waals surface area (Å²) in [5.74, 6) is 0.968. The molecular weight excluding hydrogens is 240 g/mol. The lowest BCUT2D eigenvalue weighted by molar-refractivity contribution is 0.566. The predicted octanol–water partition coefficient (Wildman–Crippen LogP) is 0.191. The van der Waals surface area contributed by atoms with Gasteiger partial charge < -0.3 is 5.73 Å². The van der Waals surface area contributed by atoms with Crippen molar-refractivity contribution in [3.8, 4) is 0 Å². The van der Waals surface area contributed by atoms with Gasteiger partial charge in [-0.1, -0.05) is 19.1 Å². The van der Waals surface area contributed by atoms with E-state index in [4.69, 9.17) is 5.73 Å². The molecule has 3 N–H and O–H groups in total. The predicted molar refractivity (Wildman–Crippen MR) is 66.1 cm³/mol. The van der Waals surface area contributed by atoms with E-state index in [9.17, 15) is 8.42 Å². The highest BCUT2D eigenvalue weighted by Crippen LogP contribution is 2.03. The van der Waals surface area contributed by atoms with Crippen LogP contribution in [0.5, 0.6) is 0 Å². The molecule has 0 amide bonds. The standard InChI is InChI=1S/C7H16N2O2S3/c1-6(4-13-2)3-9-14(10,11)5-7(8)12/h6,9H,3-5H2,1-2H3,(H2,8,12). The molecule has 0 saturated heterocycles. The van der Waals surface area contributed by atoms with Crippen LogP contribution in [-0.2, 0) is 10.0 Å². The second kappa shape index (κ2) is 6.60. The number of sulfonamides is 1. The Hall–Kier alpha value is 0.150. The van der Waals surface area contributed by atoms with Crippen molar-refractivity contribution in [2.24, 2.45) is 11.7 Å². The minimum absolute atomic E-state index is 0.00461. The van der Waals surface area contributed by atoms with Gasteiger partial charge in [0.2, 0.25) is 10.0 Å². The maximum atomic E-state index is 11.3. The molecule has 1 unspecified atom stereocenters. The molecular formula is C7H16N2O2S3. The fourth-order valence-electron chi connectivity index (χ4n) is 0.851. The molecule has 0 aromatic rings. The van der Waals surface area contributed by atoms with Gasteiger partial charge in [-0.25, -0.2) is 13.1 Å². The number of nitrogens with one attached hydrogen (secondary N) is 1. The lowest BCUT2D eigenvalue weighted by Gasteiger charge is -2.11. The number of hydrogen-bond acceptors (Lipinski definition) is 4. The van der Waals surface area contributed by atoms with E-state index in [0.717, 1.165) is 5.75 Å². The van der Waals surface area contributed by atoms with Crippen molar-refractivity contribution < 1.29 is 8.42 Å². The number of hydrogen-bond donors (Lipinski definition) is 2. The summed E-state index contributed by atoms with van der Waals surface area (Å²) in [6, 6.07) is 0. The topological polar surface area (TPSA) is 72.2 Å². The summed E-state index contributed by atoms with van der Waals surface area (Å²) in [6.45, 7) is 2.42. The maximum Gasteiger partial charge on any atom is 0.218 e. The molecule has 0 aliphatic heterocycles. The van der Waals surface area contributed by atoms with E-state index in [0.29, 0.717) is 12.5 Å². The summed E-state index contributed by atoms with van der Waals surface area (Å²) in [5.41, 5.74) is 5.15. The van der Waals surface area contributed by atoms with Crippen molar-refractivity contribution in [1.29, 1.82) is 0 Å². The van der Waals surface area contributed by atoms with E-state index in [1.54, 1.807) is 11.8 Å². The molecule has 0 aliphatic rings. The van der Waals surface area contributed by atoms with E-state index >= 15 is 0 Å². The fraction of sp³-hybridized carbons (Fsp3) is 0.857. The van der Waals surface area contributed by atoms with E-state index in [2.05, 4.69) is 16.9 Å².